The lowest BCUT2D eigenvalue weighted by atomic mass is 9.98. The maximum absolute atomic E-state index is 13.2. The third kappa shape index (κ3) is 6.51. The zero-order valence-corrected chi connectivity index (χ0v) is 28.6. The molecule has 2 aromatic heterocycles. The number of benzene rings is 2. The van der Waals surface area contributed by atoms with Crippen LogP contribution in [-0.2, 0) is 9.47 Å². The van der Waals surface area contributed by atoms with Crippen LogP contribution < -0.4 is 0 Å². The van der Waals surface area contributed by atoms with Gasteiger partial charge in [-0.2, -0.15) is 0 Å². The van der Waals surface area contributed by atoms with E-state index in [1.165, 1.54) is 0 Å². The monoisotopic (exact) mass is 648 g/mol. The minimum absolute atomic E-state index is 0.105. The Bertz CT molecular complexity index is 1900. The lowest BCUT2D eigenvalue weighted by Crippen LogP contribution is -2.43. The van der Waals surface area contributed by atoms with Crippen molar-refractivity contribution in [2.75, 3.05) is 6.54 Å². The number of aromatic amines is 2. The molecule has 3 fully saturated rings. The Kier molecular flexibility index (Phi) is 7.97. The van der Waals surface area contributed by atoms with Crippen molar-refractivity contribution in [3.05, 3.63) is 71.4 Å². The lowest BCUT2D eigenvalue weighted by molar-refractivity contribution is 0.00616. The van der Waals surface area contributed by atoms with Crippen molar-refractivity contribution in [2.24, 2.45) is 5.92 Å². The maximum atomic E-state index is 13.2. The van der Waals surface area contributed by atoms with E-state index < -0.39 is 11.2 Å². The minimum atomic E-state index is -0.546. The molecule has 4 heterocycles. The summed E-state index contributed by atoms with van der Waals surface area (Å²) in [5.74, 6) is 8.54. The van der Waals surface area contributed by atoms with Gasteiger partial charge < -0.3 is 19.4 Å². The number of hydrogen-bond donors (Lipinski definition) is 2. The molecule has 2 aliphatic heterocycles. The van der Waals surface area contributed by atoms with E-state index in [0.29, 0.717) is 12.5 Å². The van der Waals surface area contributed by atoms with Gasteiger partial charge in [-0.3, -0.25) is 9.80 Å². The van der Waals surface area contributed by atoms with Crippen molar-refractivity contribution in [3.8, 4) is 23.1 Å². The zero-order chi connectivity index (χ0) is 33.8. The first kappa shape index (κ1) is 31.8. The number of hydrogen-bond acceptors (Lipinski definition) is 6. The number of carbonyl (C=O) groups is 2. The number of ether oxygens (including phenoxy) is 2. The predicted molar refractivity (Wildman–Crippen MR) is 183 cm³/mol. The van der Waals surface area contributed by atoms with Gasteiger partial charge in [-0.05, 0) is 115 Å². The third-order valence-electron chi connectivity index (χ3n) is 9.31. The van der Waals surface area contributed by atoms with E-state index in [1.54, 1.807) is 4.90 Å². The predicted octanol–water partition coefficient (Wildman–Crippen LogP) is 7.89. The summed E-state index contributed by atoms with van der Waals surface area (Å²) in [5, 5.41) is 0. The molecular weight excluding hydrogens is 604 g/mol. The third-order valence-corrected chi connectivity index (χ3v) is 9.31. The van der Waals surface area contributed by atoms with Gasteiger partial charge in [0.25, 0.3) is 0 Å². The number of carbonyl (C=O) groups excluding carboxylic acids is 2. The highest BCUT2D eigenvalue weighted by Crippen LogP contribution is 2.50. The van der Waals surface area contributed by atoms with Crippen LogP contribution in [0.15, 0.2) is 48.7 Å². The molecule has 0 spiro atoms. The Morgan fingerprint density at radius 1 is 0.854 bits per heavy atom. The second kappa shape index (κ2) is 12.0. The quantitative estimate of drug-likeness (QED) is 0.218. The largest absolute Gasteiger partial charge is 0.444 e. The first-order valence-electron chi connectivity index (χ1n) is 17.0. The molecule has 10 heteroatoms. The molecule has 3 aliphatic rings. The molecule has 10 nitrogen and oxygen atoms in total. The molecule has 4 aromatic rings. The number of H-pyrrole nitrogens is 2. The Balaban J connectivity index is 1.04. The van der Waals surface area contributed by atoms with Crippen molar-refractivity contribution in [3.63, 3.8) is 0 Å². The Labute approximate surface area is 281 Å². The van der Waals surface area contributed by atoms with Gasteiger partial charge in [0.05, 0.1) is 35.0 Å². The fraction of sp³-hybridized carbons (Fsp3) is 0.474. The number of nitrogens with one attached hydrogen (secondary N) is 2. The maximum Gasteiger partial charge on any atom is 0.411 e. The molecule has 0 radical (unpaired) electrons. The number of amides is 2. The Morgan fingerprint density at radius 2 is 1.56 bits per heavy atom. The van der Waals surface area contributed by atoms with E-state index in [-0.39, 0.29) is 30.3 Å². The van der Waals surface area contributed by atoms with Crippen molar-refractivity contribution < 1.29 is 19.1 Å². The molecule has 2 aromatic carbocycles. The molecule has 4 atom stereocenters. The number of piperidine rings is 1. The van der Waals surface area contributed by atoms with Gasteiger partial charge in [0, 0.05) is 23.7 Å². The minimum Gasteiger partial charge on any atom is -0.444 e. The van der Waals surface area contributed by atoms with Crippen LogP contribution in [0.1, 0.15) is 109 Å². The number of nitrogens with zero attached hydrogens (tertiary/aromatic N) is 4. The van der Waals surface area contributed by atoms with Gasteiger partial charge in [-0.25, -0.2) is 19.6 Å². The fourth-order valence-corrected chi connectivity index (χ4v) is 7.28. The van der Waals surface area contributed by atoms with Crippen LogP contribution in [0.4, 0.5) is 9.59 Å². The lowest BCUT2D eigenvalue weighted by Gasteiger charge is -2.35. The smallest absolute Gasteiger partial charge is 0.411 e. The van der Waals surface area contributed by atoms with Gasteiger partial charge in [0.1, 0.15) is 22.9 Å². The molecule has 2 saturated heterocycles. The second-order valence-corrected chi connectivity index (χ2v) is 15.3. The van der Waals surface area contributed by atoms with E-state index >= 15 is 0 Å². The van der Waals surface area contributed by atoms with E-state index in [9.17, 15) is 9.59 Å². The summed E-state index contributed by atoms with van der Waals surface area (Å²) in [7, 11) is 0. The van der Waals surface area contributed by atoms with Gasteiger partial charge in [0.2, 0.25) is 0 Å². The normalized spacial score (nSPS) is 22.2. The van der Waals surface area contributed by atoms with Crippen LogP contribution in [0.25, 0.3) is 22.3 Å². The Hall–Kier alpha value is -4.78. The summed E-state index contributed by atoms with van der Waals surface area (Å²) in [5.41, 5.74) is 4.33. The highest BCUT2D eigenvalue weighted by Gasteiger charge is 2.51. The van der Waals surface area contributed by atoms with Crippen molar-refractivity contribution in [1.82, 2.24) is 29.7 Å². The molecule has 1 saturated carbocycles. The van der Waals surface area contributed by atoms with Crippen molar-refractivity contribution in [2.45, 2.75) is 103 Å². The molecule has 7 rings (SSSR count). The molecule has 2 N–H and O–H groups in total. The average Bonchev–Trinajstić information content (AvgIpc) is 3.85. The average molecular weight is 649 g/mol. The van der Waals surface area contributed by atoms with Crippen LogP contribution in [0.3, 0.4) is 0 Å². The van der Waals surface area contributed by atoms with Crippen LogP contribution in [0, 0.1) is 17.8 Å². The summed E-state index contributed by atoms with van der Waals surface area (Å²) in [6, 6.07) is 14.0. The van der Waals surface area contributed by atoms with Gasteiger partial charge in [-0.15, -0.1) is 0 Å². The number of imidazole rings is 2. The molecule has 2 bridgehead atoms. The van der Waals surface area contributed by atoms with E-state index in [0.717, 1.165) is 77.2 Å². The Morgan fingerprint density at radius 3 is 2.31 bits per heavy atom. The van der Waals surface area contributed by atoms with Crippen LogP contribution in [0.5, 0.6) is 0 Å². The molecule has 0 unspecified atom stereocenters. The van der Waals surface area contributed by atoms with Crippen molar-refractivity contribution >= 4 is 23.2 Å². The number of aromatic nitrogens is 4. The zero-order valence-electron chi connectivity index (χ0n) is 28.6. The molecule has 48 heavy (non-hydrogen) atoms. The first-order chi connectivity index (χ1) is 22.8. The summed E-state index contributed by atoms with van der Waals surface area (Å²) in [4.78, 5) is 46.1. The second-order valence-electron chi connectivity index (χ2n) is 15.3. The number of rotatable bonds is 3. The number of likely N-dealkylation sites (tertiary alicyclic amines) is 2. The summed E-state index contributed by atoms with van der Waals surface area (Å²) >= 11 is 0. The standard InChI is InChI=1S/C38H44N6O4/c1-37(2,3)47-35(45)43-19-7-8-31(43)33-39-22-30(42-33)25-14-11-23(12-15-25)9-10-24-13-18-28-29(20-24)41-34(40-28)32-26-16-17-27(21-26)44(32)36(46)48-38(4,5)6/h11-15,18,20,22,26-27,31-32H,7-8,16-17,19,21H2,1-6H3,(H,39,42)(H,40,41)/t26-,27+,31+,32+/m1/s1. The molecular formula is C38H44N6O4. The topological polar surface area (TPSA) is 116 Å². The molecule has 1 aliphatic carbocycles. The molecule has 250 valence electrons. The van der Waals surface area contributed by atoms with Gasteiger partial charge >= 0.3 is 12.2 Å². The highest BCUT2D eigenvalue weighted by molar-refractivity contribution is 5.78. The van der Waals surface area contributed by atoms with E-state index in [2.05, 4.69) is 26.8 Å². The molecule has 2 amide bonds. The number of fused-ring (bicyclic) bond motifs is 3. The van der Waals surface area contributed by atoms with Crippen molar-refractivity contribution in [1.29, 1.82) is 0 Å². The summed E-state index contributed by atoms with van der Waals surface area (Å²) < 4.78 is 11.4. The van der Waals surface area contributed by atoms with E-state index in [4.69, 9.17) is 14.5 Å². The first-order valence-corrected chi connectivity index (χ1v) is 17.0. The highest BCUT2D eigenvalue weighted by atomic mass is 16.6. The van der Waals surface area contributed by atoms with Crippen LogP contribution >= 0.6 is 0 Å². The fourth-order valence-electron chi connectivity index (χ4n) is 7.28. The van der Waals surface area contributed by atoms with Gasteiger partial charge in [-0.1, -0.05) is 24.0 Å². The van der Waals surface area contributed by atoms with Gasteiger partial charge in [0.15, 0.2) is 0 Å². The summed E-state index contributed by atoms with van der Waals surface area (Å²) in [6.07, 6.45) is 6.11. The van der Waals surface area contributed by atoms with Crippen LogP contribution in [0.2, 0.25) is 0 Å². The van der Waals surface area contributed by atoms with Crippen LogP contribution in [-0.4, -0.2) is 65.7 Å². The summed E-state index contributed by atoms with van der Waals surface area (Å²) in [6.45, 7) is 12.0. The SMILES string of the molecule is CC(C)(C)OC(=O)N1CCC[C@H]1c1ncc(-c2ccc(C#Cc3ccc4nc([C@@H]5[C@@H]6CC[C@@H](C6)N5C(=O)OC(C)(C)C)[nH]c4c3)cc2)[nH]1. The van der Waals surface area contributed by atoms with E-state index in [1.807, 2.05) is 95.1 Å².